The first-order chi connectivity index (χ1) is 18.6. The van der Waals surface area contributed by atoms with Crippen LogP contribution in [0.2, 0.25) is 0 Å². The fourth-order valence-electron chi connectivity index (χ4n) is 5.36. The number of thiocarbonyl (C=S) groups is 1. The first kappa shape index (κ1) is 26.7. The van der Waals surface area contributed by atoms with Crippen LogP contribution in [0.5, 0.6) is 5.75 Å². The lowest BCUT2D eigenvalue weighted by Crippen LogP contribution is -2.27. The van der Waals surface area contributed by atoms with Gasteiger partial charge in [0.15, 0.2) is 5.11 Å². The van der Waals surface area contributed by atoms with E-state index in [0.717, 1.165) is 52.1 Å². The third-order valence-electron chi connectivity index (χ3n) is 7.08. The van der Waals surface area contributed by atoms with Crippen LogP contribution in [-0.2, 0) is 6.42 Å². The molecular weight excluding hydrogens is 523 g/mol. The Labute approximate surface area is 230 Å². The minimum atomic E-state index is -4.71. The molecule has 0 fully saturated rings. The van der Waals surface area contributed by atoms with E-state index in [1.54, 1.807) is 18.3 Å². The van der Waals surface area contributed by atoms with E-state index in [1.807, 2.05) is 50.2 Å². The highest BCUT2D eigenvalue weighted by molar-refractivity contribution is 7.80. The van der Waals surface area contributed by atoms with Gasteiger partial charge in [0.05, 0.1) is 18.0 Å². The molecule has 3 aromatic rings. The maximum Gasteiger partial charge on any atom is 0.573 e. The van der Waals surface area contributed by atoms with Crippen LogP contribution in [0, 0.1) is 19.8 Å². The van der Waals surface area contributed by atoms with Crippen LogP contribution in [0.3, 0.4) is 0 Å². The summed E-state index contributed by atoms with van der Waals surface area (Å²) < 4.78 is 41.6. The highest BCUT2D eigenvalue weighted by Crippen LogP contribution is 2.43. The molecule has 0 saturated heterocycles. The molecule has 202 valence electrons. The zero-order valence-electron chi connectivity index (χ0n) is 21.7. The van der Waals surface area contributed by atoms with E-state index >= 15 is 0 Å². The molecule has 5 rings (SSSR count). The maximum atomic E-state index is 12.5. The number of fused-ring (bicyclic) bond motifs is 3. The highest BCUT2D eigenvalue weighted by atomic mass is 32.1. The molecule has 6 nitrogen and oxygen atoms in total. The number of benzene rings is 3. The zero-order valence-corrected chi connectivity index (χ0v) is 22.5. The predicted octanol–water partition coefficient (Wildman–Crippen LogP) is 6.48. The lowest BCUT2D eigenvalue weighted by atomic mass is 9.77. The topological polar surface area (TPSA) is 61.2 Å². The second kappa shape index (κ2) is 10.7. The molecule has 1 aliphatic heterocycles. The molecule has 2 aliphatic rings. The summed E-state index contributed by atoms with van der Waals surface area (Å²) in [5, 5.41) is 14.7. The standard InChI is InChI=1S/C29H28F3N5OS/c1-17-5-4-6-18(2)25(17)34-28(39)35-33-16-19-7-13-23-21(15-19)10-14-24-26(23)36-37(3)27(24)20-8-11-22(12-9-20)38-29(30,31)32/h4-9,11-13,15-16,24,27H,10,14H2,1-3H3,(H2,34,35,39)/b33-16-. The molecular formula is C29H28F3N5OS. The second-order valence-electron chi connectivity index (χ2n) is 9.77. The Morgan fingerprint density at radius 3 is 2.51 bits per heavy atom. The van der Waals surface area contributed by atoms with Crippen molar-refractivity contribution in [3.8, 4) is 5.75 Å². The number of ether oxygens (including phenoxy) is 1. The number of hydrazone groups is 2. The van der Waals surface area contributed by atoms with Crippen molar-refractivity contribution in [1.82, 2.24) is 10.4 Å². The van der Waals surface area contributed by atoms with Gasteiger partial charge in [-0.05, 0) is 84.9 Å². The molecule has 1 aliphatic carbocycles. The number of rotatable bonds is 5. The van der Waals surface area contributed by atoms with Gasteiger partial charge in [-0.1, -0.05) is 42.5 Å². The van der Waals surface area contributed by atoms with Crippen LogP contribution in [0.1, 0.15) is 45.8 Å². The minimum Gasteiger partial charge on any atom is -0.406 e. The van der Waals surface area contributed by atoms with Crippen molar-refractivity contribution in [3.05, 3.63) is 94.0 Å². The molecule has 0 amide bonds. The van der Waals surface area contributed by atoms with Crippen molar-refractivity contribution < 1.29 is 17.9 Å². The van der Waals surface area contributed by atoms with Gasteiger partial charge < -0.3 is 10.1 Å². The molecule has 0 bridgehead atoms. The number of nitrogens with one attached hydrogen (secondary N) is 2. The number of alkyl halides is 3. The molecule has 0 saturated carbocycles. The number of anilines is 1. The SMILES string of the molecule is Cc1cccc(C)c1NC(=S)N/N=C\c1ccc2c(c1)CCC1C2=NN(C)C1c1ccc(OC(F)(F)F)cc1. The molecule has 0 radical (unpaired) electrons. The van der Waals surface area contributed by atoms with Crippen molar-refractivity contribution in [1.29, 1.82) is 0 Å². The summed E-state index contributed by atoms with van der Waals surface area (Å²) in [5.41, 5.74) is 11.2. The van der Waals surface area contributed by atoms with E-state index < -0.39 is 6.36 Å². The second-order valence-corrected chi connectivity index (χ2v) is 10.2. The zero-order chi connectivity index (χ0) is 27.7. The van der Waals surface area contributed by atoms with Crippen LogP contribution in [0.15, 0.2) is 70.9 Å². The van der Waals surface area contributed by atoms with Crippen molar-refractivity contribution >= 4 is 34.9 Å². The Morgan fingerprint density at radius 1 is 1.10 bits per heavy atom. The number of halogens is 3. The van der Waals surface area contributed by atoms with Crippen molar-refractivity contribution in [2.75, 3.05) is 12.4 Å². The van der Waals surface area contributed by atoms with Gasteiger partial charge in [-0.25, -0.2) is 0 Å². The third-order valence-corrected chi connectivity index (χ3v) is 7.28. The van der Waals surface area contributed by atoms with E-state index in [1.165, 1.54) is 17.7 Å². The predicted molar refractivity (Wildman–Crippen MR) is 151 cm³/mol. The largest absolute Gasteiger partial charge is 0.573 e. The van der Waals surface area contributed by atoms with Crippen molar-refractivity contribution in [2.45, 2.75) is 39.1 Å². The smallest absolute Gasteiger partial charge is 0.406 e. The Kier molecular flexibility index (Phi) is 7.31. The molecule has 2 N–H and O–H groups in total. The van der Waals surface area contributed by atoms with Gasteiger partial charge in [-0.15, -0.1) is 13.2 Å². The van der Waals surface area contributed by atoms with E-state index in [-0.39, 0.29) is 17.7 Å². The van der Waals surface area contributed by atoms with Gasteiger partial charge in [-0.3, -0.25) is 10.4 Å². The average molecular weight is 552 g/mol. The highest BCUT2D eigenvalue weighted by Gasteiger charge is 2.40. The molecule has 1 heterocycles. The first-order valence-electron chi connectivity index (χ1n) is 12.6. The maximum absolute atomic E-state index is 12.5. The van der Waals surface area contributed by atoms with Gasteiger partial charge in [0, 0.05) is 24.2 Å². The lowest BCUT2D eigenvalue weighted by Gasteiger charge is -2.29. The molecule has 3 aromatic carbocycles. The molecule has 2 unspecified atom stereocenters. The molecule has 0 spiro atoms. The summed E-state index contributed by atoms with van der Waals surface area (Å²) >= 11 is 5.40. The summed E-state index contributed by atoms with van der Waals surface area (Å²) in [7, 11) is 1.90. The van der Waals surface area contributed by atoms with Gasteiger partial charge in [0.1, 0.15) is 5.75 Å². The normalized spacial score (nSPS) is 18.4. The Balaban J connectivity index is 1.25. The van der Waals surface area contributed by atoms with Crippen molar-refractivity contribution in [2.24, 2.45) is 16.1 Å². The van der Waals surface area contributed by atoms with Crippen molar-refractivity contribution in [3.63, 3.8) is 0 Å². The Morgan fingerprint density at radius 2 is 1.82 bits per heavy atom. The number of hydrogen-bond donors (Lipinski definition) is 2. The summed E-state index contributed by atoms with van der Waals surface area (Å²) in [5.74, 6) is -0.0843. The van der Waals surface area contributed by atoms with Crippen LogP contribution in [-0.4, -0.2) is 35.5 Å². The van der Waals surface area contributed by atoms with Gasteiger partial charge >= 0.3 is 6.36 Å². The van der Waals surface area contributed by atoms with Crippen LogP contribution in [0.25, 0.3) is 0 Å². The summed E-state index contributed by atoms with van der Waals surface area (Å²) in [4.78, 5) is 0. The molecule has 0 aromatic heterocycles. The van der Waals surface area contributed by atoms with Gasteiger partial charge in [0.2, 0.25) is 0 Å². The molecule has 2 atom stereocenters. The molecule has 10 heteroatoms. The minimum absolute atomic E-state index is 0.0519. The Hall–Kier alpha value is -3.92. The van der Waals surface area contributed by atoms with Gasteiger partial charge in [-0.2, -0.15) is 10.2 Å². The fraction of sp³-hybridized carbons (Fsp3) is 0.276. The molecule has 39 heavy (non-hydrogen) atoms. The van der Waals surface area contributed by atoms with E-state index in [9.17, 15) is 13.2 Å². The Bertz CT molecular complexity index is 1430. The monoisotopic (exact) mass is 551 g/mol. The third kappa shape index (κ3) is 5.90. The lowest BCUT2D eigenvalue weighted by molar-refractivity contribution is -0.274. The average Bonchev–Trinajstić information content (AvgIpc) is 3.22. The van der Waals surface area contributed by atoms with Crippen LogP contribution >= 0.6 is 12.2 Å². The number of hydrogen-bond acceptors (Lipinski definition) is 5. The quantitative estimate of drug-likeness (QED) is 0.216. The number of para-hydroxylation sites is 1. The summed E-state index contributed by atoms with van der Waals surface area (Å²) in [6.07, 6.45) is -1.23. The summed E-state index contributed by atoms with van der Waals surface area (Å²) in [6.45, 7) is 4.05. The fourth-order valence-corrected chi connectivity index (χ4v) is 5.51. The first-order valence-corrected chi connectivity index (χ1v) is 13.0. The van der Waals surface area contributed by atoms with E-state index in [0.29, 0.717) is 5.11 Å². The van der Waals surface area contributed by atoms with E-state index in [4.69, 9.17) is 17.3 Å². The van der Waals surface area contributed by atoms with E-state index in [2.05, 4.69) is 32.7 Å². The van der Waals surface area contributed by atoms with Crippen LogP contribution < -0.4 is 15.5 Å². The van der Waals surface area contributed by atoms with Gasteiger partial charge in [0.25, 0.3) is 0 Å². The van der Waals surface area contributed by atoms with Crippen LogP contribution in [0.4, 0.5) is 18.9 Å². The summed E-state index contributed by atoms with van der Waals surface area (Å²) in [6, 6.07) is 18.2. The number of nitrogens with zero attached hydrogens (tertiary/aromatic N) is 3. The number of aryl methyl sites for hydroxylation is 3.